The Hall–Kier alpha value is -0.830. The van der Waals surface area contributed by atoms with Crippen LogP contribution in [0, 0.1) is 11.3 Å². The summed E-state index contributed by atoms with van der Waals surface area (Å²) in [6.07, 6.45) is 7.06. The first kappa shape index (κ1) is 13.6. The molecular weight excluding hydrogens is 224 g/mol. The summed E-state index contributed by atoms with van der Waals surface area (Å²) >= 11 is 0. The molecule has 1 aromatic heterocycles. The SMILES string of the molecule is Cn1ccc(CC2(O)CCCCC2C(C)(C)C)n1. The van der Waals surface area contributed by atoms with Gasteiger partial charge in [-0.1, -0.05) is 33.6 Å². The molecule has 1 saturated carbocycles. The summed E-state index contributed by atoms with van der Waals surface area (Å²) in [4.78, 5) is 0. The predicted molar refractivity (Wildman–Crippen MR) is 73.3 cm³/mol. The van der Waals surface area contributed by atoms with Crippen molar-refractivity contribution >= 4 is 0 Å². The highest BCUT2D eigenvalue weighted by Crippen LogP contribution is 2.45. The molecule has 2 rings (SSSR count). The fourth-order valence-corrected chi connectivity index (χ4v) is 3.54. The van der Waals surface area contributed by atoms with Crippen molar-refractivity contribution in [1.29, 1.82) is 0 Å². The summed E-state index contributed by atoms with van der Waals surface area (Å²) in [6.45, 7) is 6.73. The molecule has 102 valence electrons. The number of hydrogen-bond donors (Lipinski definition) is 1. The highest BCUT2D eigenvalue weighted by molar-refractivity contribution is 5.07. The average Bonchev–Trinajstić information content (AvgIpc) is 2.62. The minimum Gasteiger partial charge on any atom is -0.389 e. The van der Waals surface area contributed by atoms with Crippen LogP contribution in [-0.2, 0) is 13.5 Å². The van der Waals surface area contributed by atoms with E-state index in [1.807, 2.05) is 24.0 Å². The molecule has 0 radical (unpaired) electrons. The van der Waals surface area contributed by atoms with Gasteiger partial charge >= 0.3 is 0 Å². The van der Waals surface area contributed by atoms with E-state index in [9.17, 15) is 5.11 Å². The van der Waals surface area contributed by atoms with Gasteiger partial charge in [-0.15, -0.1) is 0 Å². The molecule has 1 aromatic rings. The van der Waals surface area contributed by atoms with Crippen LogP contribution in [0.2, 0.25) is 0 Å². The first-order chi connectivity index (χ1) is 8.31. The van der Waals surface area contributed by atoms with Crippen LogP contribution in [-0.4, -0.2) is 20.5 Å². The van der Waals surface area contributed by atoms with Crippen molar-refractivity contribution in [1.82, 2.24) is 9.78 Å². The second-order valence-corrected chi connectivity index (χ2v) is 6.93. The standard InChI is InChI=1S/C15H26N2O/c1-14(2,3)13-7-5-6-9-15(13,18)11-12-8-10-17(4)16-12/h8,10,13,18H,5-7,9,11H2,1-4H3. The van der Waals surface area contributed by atoms with Gasteiger partial charge in [-0.25, -0.2) is 0 Å². The van der Waals surface area contributed by atoms with Gasteiger partial charge in [0.25, 0.3) is 0 Å². The molecule has 1 heterocycles. The van der Waals surface area contributed by atoms with Crippen LogP contribution in [0.5, 0.6) is 0 Å². The molecule has 0 aromatic carbocycles. The van der Waals surface area contributed by atoms with Crippen LogP contribution in [0.3, 0.4) is 0 Å². The van der Waals surface area contributed by atoms with Crippen LogP contribution in [0.1, 0.15) is 52.1 Å². The highest BCUT2D eigenvalue weighted by Gasteiger charge is 2.45. The van der Waals surface area contributed by atoms with Crippen LogP contribution < -0.4 is 0 Å². The van der Waals surface area contributed by atoms with E-state index < -0.39 is 5.60 Å². The summed E-state index contributed by atoms with van der Waals surface area (Å²) < 4.78 is 1.81. The van der Waals surface area contributed by atoms with Crippen LogP contribution >= 0.6 is 0 Å². The zero-order valence-corrected chi connectivity index (χ0v) is 12.1. The van der Waals surface area contributed by atoms with Gasteiger partial charge in [0.05, 0.1) is 11.3 Å². The average molecular weight is 250 g/mol. The summed E-state index contributed by atoms with van der Waals surface area (Å²) in [5, 5.41) is 15.5. The smallest absolute Gasteiger partial charge is 0.0736 e. The van der Waals surface area contributed by atoms with Crippen molar-refractivity contribution in [3.63, 3.8) is 0 Å². The molecule has 2 unspecified atom stereocenters. The van der Waals surface area contributed by atoms with Gasteiger partial charge in [-0.3, -0.25) is 4.68 Å². The Labute approximate surface area is 110 Å². The minimum absolute atomic E-state index is 0.157. The lowest BCUT2D eigenvalue weighted by atomic mass is 9.62. The topological polar surface area (TPSA) is 38.0 Å². The summed E-state index contributed by atoms with van der Waals surface area (Å²) in [5.74, 6) is 0.362. The van der Waals surface area contributed by atoms with E-state index in [0.717, 1.165) is 25.0 Å². The Morgan fingerprint density at radius 1 is 1.44 bits per heavy atom. The molecule has 2 atom stereocenters. The predicted octanol–water partition coefficient (Wildman–Crippen LogP) is 2.93. The maximum Gasteiger partial charge on any atom is 0.0736 e. The molecule has 1 fully saturated rings. The van der Waals surface area contributed by atoms with E-state index in [4.69, 9.17) is 0 Å². The zero-order valence-electron chi connectivity index (χ0n) is 12.1. The monoisotopic (exact) mass is 250 g/mol. The Bertz CT molecular complexity index is 405. The fraction of sp³-hybridized carbons (Fsp3) is 0.800. The van der Waals surface area contributed by atoms with Gasteiger partial charge in [-0.05, 0) is 30.2 Å². The van der Waals surface area contributed by atoms with Crippen molar-refractivity contribution in [2.45, 2.75) is 58.5 Å². The molecule has 1 aliphatic carbocycles. The van der Waals surface area contributed by atoms with Gasteiger partial charge in [0, 0.05) is 19.7 Å². The highest BCUT2D eigenvalue weighted by atomic mass is 16.3. The third-order valence-corrected chi connectivity index (χ3v) is 4.30. The lowest BCUT2D eigenvalue weighted by Gasteiger charge is -2.46. The molecule has 0 bridgehead atoms. The maximum atomic E-state index is 11.1. The molecule has 18 heavy (non-hydrogen) atoms. The third kappa shape index (κ3) is 2.77. The van der Waals surface area contributed by atoms with Crippen molar-refractivity contribution in [3.8, 4) is 0 Å². The van der Waals surface area contributed by atoms with E-state index in [1.54, 1.807) is 0 Å². The summed E-state index contributed by atoms with van der Waals surface area (Å²) in [7, 11) is 1.93. The van der Waals surface area contributed by atoms with Crippen LogP contribution in [0.4, 0.5) is 0 Å². The zero-order chi connectivity index (χ0) is 13.4. The Morgan fingerprint density at radius 2 is 2.17 bits per heavy atom. The lowest BCUT2D eigenvalue weighted by Crippen LogP contribution is -2.48. The lowest BCUT2D eigenvalue weighted by molar-refractivity contribution is -0.0895. The number of nitrogens with zero attached hydrogens (tertiary/aromatic N) is 2. The molecule has 1 aliphatic rings. The van der Waals surface area contributed by atoms with Gasteiger partial charge in [0.1, 0.15) is 0 Å². The number of aryl methyl sites for hydroxylation is 1. The molecule has 0 amide bonds. The third-order valence-electron chi connectivity index (χ3n) is 4.30. The van der Waals surface area contributed by atoms with E-state index in [-0.39, 0.29) is 5.41 Å². The van der Waals surface area contributed by atoms with Gasteiger partial charge in [0.2, 0.25) is 0 Å². The van der Waals surface area contributed by atoms with Crippen molar-refractivity contribution in [3.05, 3.63) is 18.0 Å². The molecule has 1 N–H and O–H groups in total. The van der Waals surface area contributed by atoms with E-state index >= 15 is 0 Å². The van der Waals surface area contributed by atoms with Crippen LogP contribution in [0.15, 0.2) is 12.3 Å². The normalized spacial score (nSPS) is 29.5. The van der Waals surface area contributed by atoms with Gasteiger partial charge in [-0.2, -0.15) is 5.10 Å². The van der Waals surface area contributed by atoms with E-state index in [1.165, 1.54) is 6.42 Å². The second kappa shape index (κ2) is 4.69. The summed E-state index contributed by atoms with van der Waals surface area (Å²) in [5.41, 5.74) is 0.589. The first-order valence-electron chi connectivity index (χ1n) is 7.02. The molecular formula is C15H26N2O. The van der Waals surface area contributed by atoms with Gasteiger partial charge in [0.15, 0.2) is 0 Å². The maximum absolute atomic E-state index is 11.1. The number of hydrogen-bond acceptors (Lipinski definition) is 2. The Morgan fingerprint density at radius 3 is 2.72 bits per heavy atom. The van der Waals surface area contributed by atoms with E-state index in [0.29, 0.717) is 12.3 Å². The minimum atomic E-state index is -0.579. The molecule has 0 aliphatic heterocycles. The summed E-state index contributed by atoms with van der Waals surface area (Å²) in [6, 6.07) is 2.02. The number of aliphatic hydroxyl groups is 1. The quantitative estimate of drug-likeness (QED) is 0.876. The van der Waals surface area contributed by atoms with Gasteiger partial charge < -0.3 is 5.11 Å². The molecule has 3 nitrogen and oxygen atoms in total. The second-order valence-electron chi connectivity index (χ2n) is 6.93. The van der Waals surface area contributed by atoms with E-state index in [2.05, 4.69) is 25.9 Å². The number of aromatic nitrogens is 2. The van der Waals surface area contributed by atoms with Crippen molar-refractivity contribution < 1.29 is 5.11 Å². The molecule has 3 heteroatoms. The number of rotatable bonds is 2. The Balaban J connectivity index is 2.20. The molecule has 0 spiro atoms. The fourth-order valence-electron chi connectivity index (χ4n) is 3.54. The molecule has 0 saturated heterocycles. The van der Waals surface area contributed by atoms with Crippen LogP contribution in [0.25, 0.3) is 0 Å². The Kier molecular flexibility index (Phi) is 3.54. The van der Waals surface area contributed by atoms with Crippen molar-refractivity contribution in [2.24, 2.45) is 18.4 Å². The van der Waals surface area contributed by atoms with Crippen molar-refractivity contribution in [2.75, 3.05) is 0 Å². The first-order valence-corrected chi connectivity index (χ1v) is 7.02. The largest absolute Gasteiger partial charge is 0.389 e.